The van der Waals surface area contributed by atoms with Crippen LogP contribution in [0.4, 0.5) is 0 Å². The summed E-state index contributed by atoms with van der Waals surface area (Å²) in [6.07, 6.45) is 1.32. The summed E-state index contributed by atoms with van der Waals surface area (Å²) in [6.45, 7) is 16.4. The van der Waals surface area contributed by atoms with E-state index >= 15 is 0 Å². The van der Waals surface area contributed by atoms with Crippen LogP contribution in [0.2, 0.25) is 0 Å². The Labute approximate surface area is 113 Å². The minimum atomic E-state index is 1.12. The predicted molar refractivity (Wildman–Crippen MR) is 79.2 cm³/mol. The molecule has 18 heavy (non-hydrogen) atoms. The van der Waals surface area contributed by atoms with E-state index in [4.69, 9.17) is 0 Å². The highest BCUT2D eigenvalue weighted by molar-refractivity contribution is 4.68. The van der Waals surface area contributed by atoms with Crippen molar-refractivity contribution in [2.45, 2.75) is 20.3 Å². The first-order valence-electron chi connectivity index (χ1n) is 7.60. The molecule has 1 fully saturated rings. The Bertz CT molecular complexity index is 194. The van der Waals surface area contributed by atoms with Crippen LogP contribution in [0.3, 0.4) is 0 Å². The molecule has 0 saturated carbocycles. The predicted octanol–water partition coefficient (Wildman–Crippen LogP) is 0.555. The number of nitrogens with zero attached hydrogens (tertiary/aromatic N) is 3. The molecule has 1 rings (SSSR count). The van der Waals surface area contributed by atoms with Crippen molar-refractivity contribution in [2.75, 3.05) is 72.5 Å². The number of hydrogen-bond donors (Lipinski definition) is 1. The molecule has 0 radical (unpaired) electrons. The van der Waals surface area contributed by atoms with Crippen molar-refractivity contribution in [1.82, 2.24) is 20.0 Å². The molecule has 4 nitrogen and oxygen atoms in total. The third-order valence-corrected chi connectivity index (χ3v) is 3.92. The van der Waals surface area contributed by atoms with Gasteiger partial charge in [0.15, 0.2) is 0 Å². The molecule has 0 atom stereocenters. The largest absolute Gasteiger partial charge is 0.314 e. The maximum atomic E-state index is 3.57. The van der Waals surface area contributed by atoms with Crippen molar-refractivity contribution in [3.63, 3.8) is 0 Å². The Hall–Kier alpha value is -0.160. The average Bonchev–Trinajstić information content (AvgIpc) is 2.59. The minimum Gasteiger partial charge on any atom is -0.314 e. The first kappa shape index (κ1) is 15.9. The Balaban J connectivity index is 2.00. The second kappa shape index (κ2) is 9.73. The zero-order chi connectivity index (χ0) is 13.2. The van der Waals surface area contributed by atoms with E-state index < -0.39 is 0 Å². The average molecular weight is 256 g/mol. The van der Waals surface area contributed by atoms with E-state index in [2.05, 4.69) is 40.9 Å². The molecular formula is C14H32N4. The Kier molecular flexibility index (Phi) is 8.59. The molecule has 0 amide bonds. The molecule has 0 unspecified atom stereocenters. The fourth-order valence-electron chi connectivity index (χ4n) is 2.46. The summed E-state index contributed by atoms with van der Waals surface area (Å²) in [5, 5.41) is 3.57. The lowest BCUT2D eigenvalue weighted by atomic mass is 10.4. The number of nitrogens with one attached hydrogen (secondary N) is 1. The Morgan fingerprint density at radius 2 is 1.78 bits per heavy atom. The van der Waals surface area contributed by atoms with Gasteiger partial charge in [0.05, 0.1) is 0 Å². The fraction of sp³-hybridized carbons (Fsp3) is 1.00. The van der Waals surface area contributed by atoms with Crippen LogP contribution < -0.4 is 5.32 Å². The maximum Gasteiger partial charge on any atom is 0.0110 e. The second-order valence-electron chi connectivity index (χ2n) is 5.28. The van der Waals surface area contributed by atoms with Crippen LogP contribution in [0.25, 0.3) is 0 Å². The van der Waals surface area contributed by atoms with Crippen LogP contribution in [-0.2, 0) is 0 Å². The van der Waals surface area contributed by atoms with Crippen LogP contribution in [0.1, 0.15) is 20.3 Å². The summed E-state index contributed by atoms with van der Waals surface area (Å²) >= 11 is 0. The van der Waals surface area contributed by atoms with E-state index in [0.717, 1.165) is 26.2 Å². The lowest BCUT2D eigenvalue weighted by Crippen LogP contribution is -2.37. The fourth-order valence-corrected chi connectivity index (χ4v) is 2.46. The van der Waals surface area contributed by atoms with Gasteiger partial charge in [-0.3, -0.25) is 0 Å². The molecule has 0 aromatic carbocycles. The van der Waals surface area contributed by atoms with Crippen molar-refractivity contribution in [3.05, 3.63) is 0 Å². The molecule has 0 aliphatic carbocycles. The molecule has 4 heteroatoms. The van der Waals surface area contributed by atoms with Crippen LogP contribution in [0.15, 0.2) is 0 Å². The van der Waals surface area contributed by atoms with E-state index in [1.54, 1.807) is 0 Å². The second-order valence-corrected chi connectivity index (χ2v) is 5.28. The quantitative estimate of drug-likeness (QED) is 0.641. The van der Waals surface area contributed by atoms with Gasteiger partial charge in [-0.05, 0) is 39.6 Å². The van der Waals surface area contributed by atoms with Crippen LogP contribution in [0.5, 0.6) is 0 Å². The van der Waals surface area contributed by atoms with Gasteiger partial charge in [0.2, 0.25) is 0 Å². The van der Waals surface area contributed by atoms with Gasteiger partial charge >= 0.3 is 0 Å². The molecular weight excluding hydrogens is 224 g/mol. The molecule has 0 bridgehead atoms. The van der Waals surface area contributed by atoms with Gasteiger partial charge in [0, 0.05) is 39.3 Å². The molecule has 1 N–H and O–H groups in total. The highest BCUT2D eigenvalue weighted by Crippen LogP contribution is 1.99. The van der Waals surface area contributed by atoms with E-state index in [0.29, 0.717) is 0 Å². The number of hydrogen-bond acceptors (Lipinski definition) is 4. The molecule has 1 heterocycles. The van der Waals surface area contributed by atoms with Crippen molar-refractivity contribution in [1.29, 1.82) is 0 Å². The number of rotatable bonds is 8. The van der Waals surface area contributed by atoms with Crippen LogP contribution in [-0.4, -0.2) is 87.2 Å². The van der Waals surface area contributed by atoms with Gasteiger partial charge in [0.1, 0.15) is 0 Å². The van der Waals surface area contributed by atoms with E-state index in [9.17, 15) is 0 Å². The first-order valence-corrected chi connectivity index (χ1v) is 7.60. The monoisotopic (exact) mass is 256 g/mol. The summed E-state index contributed by atoms with van der Waals surface area (Å²) in [4.78, 5) is 7.50. The van der Waals surface area contributed by atoms with Gasteiger partial charge in [0.25, 0.3) is 0 Å². The maximum absolute atomic E-state index is 3.57. The summed E-state index contributed by atoms with van der Waals surface area (Å²) in [6, 6.07) is 0. The molecule has 1 aliphatic rings. The molecule has 0 aromatic heterocycles. The number of likely N-dealkylation sites (N-methyl/N-ethyl adjacent to an activating group) is 2. The van der Waals surface area contributed by atoms with E-state index in [1.807, 2.05) is 0 Å². The summed E-state index contributed by atoms with van der Waals surface area (Å²) in [5.74, 6) is 0. The lowest BCUT2D eigenvalue weighted by Gasteiger charge is -2.21. The molecule has 1 aliphatic heterocycles. The lowest BCUT2D eigenvalue weighted by molar-refractivity contribution is 0.268. The van der Waals surface area contributed by atoms with Gasteiger partial charge in [-0.25, -0.2) is 0 Å². The minimum absolute atomic E-state index is 1.12. The van der Waals surface area contributed by atoms with Crippen molar-refractivity contribution in [3.8, 4) is 0 Å². The van der Waals surface area contributed by atoms with Crippen LogP contribution in [0, 0.1) is 0 Å². The van der Waals surface area contributed by atoms with Crippen molar-refractivity contribution in [2.24, 2.45) is 0 Å². The zero-order valence-electron chi connectivity index (χ0n) is 12.6. The van der Waals surface area contributed by atoms with Crippen molar-refractivity contribution >= 4 is 0 Å². The van der Waals surface area contributed by atoms with E-state index in [-0.39, 0.29) is 0 Å². The third kappa shape index (κ3) is 6.69. The summed E-state index contributed by atoms with van der Waals surface area (Å²) in [7, 11) is 2.23. The van der Waals surface area contributed by atoms with E-state index in [1.165, 1.54) is 45.7 Å². The summed E-state index contributed by atoms with van der Waals surface area (Å²) < 4.78 is 0. The third-order valence-electron chi connectivity index (χ3n) is 3.92. The molecule has 0 spiro atoms. The normalized spacial score (nSPS) is 19.3. The van der Waals surface area contributed by atoms with Gasteiger partial charge in [-0.1, -0.05) is 13.8 Å². The Morgan fingerprint density at radius 3 is 2.50 bits per heavy atom. The first-order chi connectivity index (χ1) is 8.76. The smallest absolute Gasteiger partial charge is 0.0110 e. The van der Waals surface area contributed by atoms with Gasteiger partial charge < -0.3 is 20.0 Å². The van der Waals surface area contributed by atoms with Crippen LogP contribution >= 0.6 is 0 Å². The van der Waals surface area contributed by atoms with Gasteiger partial charge in [-0.2, -0.15) is 0 Å². The SMILES string of the molecule is CCN(CC)CCNCCN1CCCN(C)CC1. The highest BCUT2D eigenvalue weighted by atomic mass is 15.2. The highest BCUT2D eigenvalue weighted by Gasteiger charge is 2.10. The van der Waals surface area contributed by atoms with Crippen molar-refractivity contribution < 1.29 is 0 Å². The zero-order valence-corrected chi connectivity index (χ0v) is 12.6. The molecule has 108 valence electrons. The summed E-state index contributed by atoms with van der Waals surface area (Å²) in [5.41, 5.74) is 0. The molecule has 0 aromatic rings. The standard InChI is InChI=1S/C14H32N4/c1-4-17(5-2)11-7-15-8-12-18-10-6-9-16(3)13-14-18/h15H,4-14H2,1-3H3. The topological polar surface area (TPSA) is 21.8 Å². The Morgan fingerprint density at radius 1 is 1.00 bits per heavy atom. The molecule has 1 saturated heterocycles. The van der Waals surface area contributed by atoms with Gasteiger partial charge in [-0.15, -0.1) is 0 Å².